The Bertz CT molecular complexity index is 86.9. The Labute approximate surface area is 84.5 Å². The van der Waals surface area contributed by atoms with Gasteiger partial charge in [-0.15, -0.1) is 0 Å². The van der Waals surface area contributed by atoms with Gasteiger partial charge in [-0.05, 0) is 0 Å². The van der Waals surface area contributed by atoms with Crippen LogP contribution in [0.2, 0.25) is 0 Å². The minimum atomic E-state index is -2.18. The zero-order chi connectivity index (χ0) is 7.57. The molecule has 0 aliphatic rings. The second-order valence-corrected chi connectivity index (χ2v) is 13.0. The average molecular weight is 262 g/mol. The van der Waals surface area contributed by atoms with Crippen LogP contribution in [0.1, 0.15) is 20.8 Å². The summed E-state index contributed by atoms with van der Waals surface area (Å²) in [7, 11) is 0. The molecule has 0 aromatic carbocycles. The Hall–Kier alpha value is 1.55. The second kappa shape index (κ2) is 4.55. The Morgan fingerprint density at radius 2 is 1.10 bits per heavy atom. The summed E-state index contributed by atoms with van der Waals surface area (Å²) in [6.45, 7) is 6.22. The molecule has 4 radical (unpaired) electrons. The molecule has 4 heteroatoms. The SMILES string of the molecule is CCP(Cl)(Cl)(CC)CC.[Ge]. The van der Waals surface area contributed by atoms with E-state index >= 15 is 0 Å². The summed E-state index contributed by atoms with van der Waals surface area (Å²) in [6, 6.07) is 0. The fraction of sp³-hybridized carbons (Fsp3) is 1.00. The van der Waals surface area contributed by atoms with Crippen LogP contribution in [0.5, 0.6) is 0 Å². The zero-order valence-electron chi connectivity index (χ0n) is 6.82. The predicted octanol–water partition coefficient (Wildman–Crippen LogP) is 3.53. The zero-order valence-corrected chi connectivity index (χ0v) is 11.3. The molecule has 0 N–H and O–H groups in total. The molecular formula is C6H15Cl2GeP. The van der Waals surface area contributed by atoms with Gasteiger partial charge in [0.1, 0.15) is 0 Å². The molecule has 0 aromatic rings. The Balaban J connectivity index is 0. The average Bonchev–Trinajstić information content (AvgIpc) is 1.90. The van der Waals surface area contributed by atoms with Crippen molar-refractivity contribution in [3.05, 3.63) is 0 Å². The van der Waals surface area contributed by atoms with E-state index in [1.54, 1.807) is 0 Å². The van der Waals surface area contributed by atoms with Crippen molar-refractivity contribution in [1.29, 1.82) is 0 Å². The van der Waals surface area contributed by atoms with Gasteiger partial charge in [0.25, 0.3) is 0 Å². The number of halogens is 2. The van der Waals surface area contributed by atoms with Crippen molar-refractivity contribution in [3.8, 4) is 0 Å². The van der Waals surface area contributed by atoms with Crippen LogP contribution >= 0.6 is 27.8 Å². The maximum absolute atomic E-state index is 6.24. The van der Waals surface area contributed by atoms with Crippen LogP contribution in [0.4, 0.5) is 0 Å². The molecular weight excluding hydrogens is 247 g/mol. The van der Waals surface area contributed by atoms with Gasteiger partial charge in [0.2, 0.25) is 0 Å². The topological polar surface area (TPSA) is 0 Å². The standard InChI is InChI=1S/C6H15Cl2P.Ge/c1-4-9(7,8,5-2)6-3;/h4-6H2,1-3H3;. The Morgan fingerprint density at radius 1 is 0.900 bits per heavy atom. The van der Waals surface area contributed by atoms with Crippen LogP contribution in [0.15, 0.2) is 0 Å². The quantitative estimate of drug-likeness (QED) is 0.539. The molecule has 0 spiro atoms. The second-order valence-electron chi connectivity index (χ2n) is 2.40. The van der Waals surface area contributed by atoms with Crippen molar-refractivity contribution in [2.75, 3.05) is 18.5 Å². The van der Waals surface area contributed by atoms with Crippen LogP contribution in [-0.4, -0.2) is 36.1 Å². The van der Waals surface area contributed by atoms with Gasteiger partial charge in [-0.1, -0.05) is 0 Å². The Kier molecular flexibility index (Phi) is 6.41. The summed E-state index contributed by atoms with van der Waals surface area (Å²) in [4.78, 5) is 0. The van der Waals surface area contributed by atoms with E-state index in [2.05, 4.69) is 20.8 Å². The number of hydrogen-bond acceptors (Lipinski definition) is 0. The minimum absolute atomic E-state index is 0. The summed E-state index contributed by atoms with van der Waals surface area (Å²) in [6.07, 6.45) is 2.84. The smallest absolute Gasteiger partial charge is 0 e. The van der Waals surface area contributed by atoms with E-state index in [0.717, 1.165) is 18.5 Å². The largest absolute Gasteiger partial charge is 0 e. The molecule has 0 atom stereocenters. The summed E-state index contributed by atoms with van der Waals surface area (Å²) in [5.74, 6) is 0. The Morgan fingerprint density at radius 3 is 1.10 bits per heavy atom. The van der Waals surface area contributed by atoms with Crippen molar-refractivity contribution in [3.63, 3.8) is 0 Å². The van der Waals surface area contributed by atoms with Gasteiger partial charge in [-0.3, -0.25) is 0 Å². The van der Waals surface area contributed by atoms with E-state index in [1.807, 2.05) is 0 Å². The molecule has 0 rings (SSSR count). The van der Waals surface area contributed by atoms with Crippen LogP contribution in [-0.2, 0) is 0 Å². The summed E-state index contributed by atoms with van der Waals surface area (Å²) in [5.41, 5.74) is 0. The molecule has 0 unspecified atom stereocenters. The maximum atomic E-state index is 6.24. The molecule has 0 nitrogen and oxygen atoms in total. The molecule has 0 saturated heterocycles. The van der Waals surface area contributed by atoms with Crippen molar-refractivity contribution in [2.24, 2.45) is 0 Å². The monoisotopic (exact) mass is 262 g/mol. The number of hydrogen-bond donors (Lipinski definition) is 0. The first kappa shape index (κ1) is 14.1. The molecule has 10 heavy (non-hydrogen) atoms. The van der Waals surface area contributed by atoms with E-state index in [-0.39, 0.29) is 17.6 Å². The van der Waals surface area contributed by atoms with Crippen LogP contribution in [0, 0.1) is 0 Å². The fourth-order valence-electron chi connectivity index (χ4n) is 0.671. The van der Waals surface area contributed by atoms with E-state index in [0.29, 0.717) is 0 Å². The molecule has 0 fully saturated rings. The maximum Gasteiger partial charge on any atom is 0 e. The first-order chi connectivity index (χ1) is 3.96. The van der Waals surface area contributed by atoms with Crippen molar-refractivity contribution in [2.45, 2.75) is 20.8 Å². The van der Waals surface area contributed by atoms with Crippen LogP contribution in [0.3, 0.4) is 0 Å². The fourth-order valence-corrected chi connectivity index (χ4v) is 2.01. The van der Waals surface area contributed by atoms with Gasteiger partial charge >= 0.3 is 67.0 Å². The van der Waals surface area contributed by atoms with Gasteiger partial charge in [0.05, 0.1) is 0 Å². The van der Waals surface area contributed by atoms with Crippen molar-refractivity contribution >= 4 is 45.4 Å². The summed E-state index contributed by atoms with van der Waals surface area (Å²) in [5, 5.41) is -2.18. The van der Waals surface area contributed by atoms with Gasteiger partial charge in [0.15, 0.2) is 0 Å². The third-order valence-electron chi connectivity index (χ3n) is 2.06. The molecule has 0 aliphatic carbocycles. The molecule has 0 heterocycles. The first-order valence-corrected chi connectivity index (χ1v) is 8.01. The van der Waals surface area contributed by atoms with Crippen LogP contribution in [0.25, 0.3) is 0 Å². The minimum Gasteiger partial charge on any atom is 0 e. The normalized spacial score (nSPS) is 15.1. The van der Waals surface area contributed by atoms with E-state index in [9.17, 15) is 0 Å². The third kappa shape index (κ3) is 3.80. The molecule has 0 bridgehead atoms. The van der Waals surface area contributed by atoms with Crippen LogP contribution < -0.4 is 0 Å². The number of rotatable bonds is 3. The molecule has 0 aromatic heterocycles. The van der Waals surface area contributed by atoms with E-state index < -0.39 is 5.31 Å². The van der Waals surface area contributed by atoms with E-state index in [4.69, 9.17) is 22.5 Å². The van der Waals surface area contributed by atoms with Gasteiger partial charge in [0, 0.05) is 17.6 Å². The molecule has 0 amide bonds. The van der Waals surface area contributed by atoms with Gasteiger partial charge in [-0.2, -0.15) is 0 Å². The van der Waals surface area contributed by atoms with Crippen molar-refractivity contribution < 1.29 is 0 Å². The molecule has 0 saturated carbocycles. The van der Waals surface area contributed by atoms with E-state index in [1.165, 1.54) is 0 Å². The molecule has 62 valence electrons. The van der Waals surface area contributed by atoms with Gasteiger partial charge < -0.3 is 0 Å². The first-order valence-electron chi connectivity index (χ1n) is 3.41. The summed E-state index contributed by atoms with van der Waals surface area (Å²) >= 11 is 12.5. The molecule has 0 aliphatic heterocycles. The predicted molar refractivity (Wildman–Crippen MR) is 56.0 cm³/mol. The van der Waals surface area contributed by atoms with Gasteiger partial charge in [-0.25, -0.2) is 0 Å². The summed E-state index contributed by atoms with van der Waals surface area (Å²) < 4.78 is 0. The third-order valence-corrected chi connectivity index (χ3v) is 10.5. The van der Waals surface area contributed by atoms with Crippen molar-refractivity contribution in [1.82, 2.24) is 0 Å².